The monoisotopic (exact) mass is 267 g/mol. The van der Waals surface area contributed by atoms with Gasteiger partial charge in [0.2, 0.25) is 0 Å². The lowest BCUT2D eigenvalue weighted by molar-refractivity contribution is 0.584. The van der Waals surface area contributed by atoms with Gasteiger partial charge < -0.3 is 4.57 Å². The molecule has 0 aliphatic rings. The normalized spacial score (nSPS) is 11.2. The standard InChI is InChI=1S/C13H15ClFN3/c1-8(2)18-12(7-14)16-17-13(18)10-4-9(3)5-11(15)6-10/h4-6,8H,7H2,1-3H3. The average Bonchev–Trinajstić information content (AvgIpc) is 2.71. The van der Waals surface area contributed by atoms with Crippen LogP contribution in [0.2, 0.25) is 0 Å². The molecule has 1 aromatic heterocycles. The van der Waals surface area contributed by atoms with Crippen LogP contribution in [-0.4, -0.2) is 14.8 Å². The molecule has 0 saturated carbocycles. The molecule has 1 heterocycles. The van der Waals surface area contributed by atoms with E-state index in [4.69, 9.17) is 11.6 Å². The molecular formula is C13H15ClFN3. The van der Waals surface area contributed by atoms with Gasteiger partial charge in [-0.1, -0.05) is 0 Å². The van der Waals surface area contributed by atoms with Crippen molar-refractivity contribution in [1.82, 2.24) is 14.8 Å². The van der Waals surface area contributed by atoms with Crippen molar-refractivity contribution in [2.45, 2.75) is 32.7 Å². The maximum Gasteiger partial charge on any atom is 0.164 e. The van der Waals surface area contributed by atoms with E-state index in [1.54, 1.807) is 0 Å². The highest BCUT2D eigenvalue weighted by molar-refractivity contribution is 6.16. The van der Waals surface area contributed by atoms with Gasteiger partial charge in [-0.2, -0.15) is 0 Å². The highest BCUT2D eigenvalue weighted by Crippen LogP contribution is 2.24. The molecule has 0 fully saturated rings. The number of alkyl halides is 1. The number of hydrogen-bond donors (Lipinski definition) is 0. The van der Waals surface area contributed by atoms with Crippen molar-refractivity contribution in [1.29, 1.82) is 0 Å². The molecule has 0 N–H and O–H groups in total. The smallest absolute Gasteiger partial charge is 0.164 e. The topological polar surface area (TPSA) is 30.7 Å². The first kappa shape index (κ1) is 13.0. The van der Waals surface area contributed by atoms with Crippen LogP contribution in [0, 0.1) is 12.7 Å². The van der Waals surface area contributed by atoms with E-state index in [9.17, 15) is 4.39 Å². The van der Waals surface area contributed by atoms with Crippen LogP contribution in [0.5, 0.6) is 0 Å². The van der Waals surface area contributed by atoms with Crippen LogP contribution < -0.4 is 0 Å². The Morgan fingerprint density at radius 2 is 2.00 bits per heavy atom. The van der Waals surface area contributed by atoms with Gasteiger partial charge in [0.1, 0.15) is 11.6 Å². The number of benzene rings is 1. The van der Waals surface area contributed by atoms with E-state index in [0.717, 1.165) is 11.1 Å². The minimum Gasteiger partial charge on any atom is -0.307 e. The van der Waals surface area contributed by atoms with Crippen LogP contribution >= 0.6 is 11.6 Å². The first-order valence-electron chi connectivity index (χ1n) is 5.80. The zero-order valence-electron chi connectivity index (χ0n) is 10.6. The van der Waals surface area contributed by atoms with Crippen molar-refractivity contribution in [2.75, 3.05) is 0 Å². The van der Waals surface area contributed by atoms with Crippen molar-refractivity contribution < 1.29 is 4.39 Å². The van der Waals surface area contributed by atoms with Crippen LogP contribution in [0.25, 0.3) is 11.4 Å². The molecule has 0 unspecified atom stereocenters. The third kappa shape index (κ3) is 2.38. The summed E-state index contributed by atoms with van der Waals surface area (Å²) in [5.41, 5.74) is 1.58. The Labute approximate surface area is 111 Å². The van der Waals surface area contributed by atoms with Gasteiger partial charge in [-0.15, -0.1) is 21.8 Å². The molecule has 2 rings (SSSR count). The fraction of sp³-hybridized carbons (Fsp3) is 0.385. The quantitative estimate of drug-likeness (QED) is 0.794. The fourth-order valence-corrected chi connectivity index (χ4v) is 2.20. The van der Waals surface area contributed by atoms with Crippen molar-refractivity contribution >= 4 is 11.6 Å². The Kier molecular flexibility index (Phi) is 3.66. The van der Waals surface area contributed by atoms with E-state index in [-0.39, 0.29) is 11.9 Å². The van der Waals surface area contributed by atoms with Gasteiger partial charge >= 0.3 is 0 Å². The number of aromatic nitrogens is 3. The Morgan fingerprint density at radius 3 is 2.56 bits per heavy atom. The predicted molar refractivity (Wildman–Crippen MR) is 70.1 cm³/mol. The number of nitrogens with zero attached hydrogens (tertiary/aromatic N) is 3. The highest BCUT2D eigenvalue weighted by atomic mass is 35.5. The van der Waals surface area contributed by atoms with E-state index in [2.05, 4.69) is 10.2 Å². The van der Waals surface area contributed by atoms with Crippen molar-refractivity contribution in [3.05, 3.63) is 35.4 Å². The van der Waals surface area contributed by atoms with Gasteiger partial charge in [-0.05, 0) is 44.5 Å². The van der Waals surface area contributed by atoms with Crippen molar-refractivity contribution in [3.8, 4) is 11.4 Å². The van der Waals surface area contributed by atoms with Crippen LogP contribution in [0.15, 0.2) is 18.2 Å². The summed E-state index contributed by atoms with van der Waals surface area (Å²) >= 11 is 5.84. The Bertz CT molecular complexity index is 543. The molecule has 1 aromatic carbocycles. The highest BCUT2D eigenvalue weighted by Gasteiger charge is 2.16. The maximum atomic E-state index is 13.5. The molecule has 5 heteroatoms. The van der Waals surface area contributed by atoms with Gasteiger partial charge in [0.25, 0.3) is 0 Å². The summed E-state index contributed by atoms with van der Waals surface area (Å²) < 4.78 is 15.4. The van der Waals surface area contributed by atoms with Crippen molar-refractivity contribution in [2.24, 2.45) is 0 Å². The molecule has 2 aromatic rings. The van der Waals surface area contributed by atoms with Gasteiger partial charge in [0.15, 0.2) is 5.82 Å². The summed E-state index contributed by atoms with van der Waals surface area (Å²) in [6.45, 7) is 5.90. The Morgan fingerprint density at radius 1 is 1.28 bits per heavy atom. The van der Waals surface area contributed by atoms with Gasteiger partial charge in [0, 0.05) is 11.6 Å². The van der Waals surface area contributed by atoms with Crippen molar-refractivity contribution in [3.63, 3.8) is 0 Å². The molecule has 18 heavy (non-hydrogen) atoms. The first-order chi connectivity index (χ1) is 8.52. The third-order valence-electron chi connectivity index (χ3n) is 2.70. The minimum absolute atomic E-state index is 0.173. The van der Waals surface area contributed by atoms with E-state index in [1.165, 1.54) is 12.1 Å². The lowest BCUT2D eigenvalue weighted by Crippen LogP contribution is -2.07. The number of hydrogen-bond acceptors (Lipinski definition) is 2. The SMILES string of the molecule is Cc1cc(F)cc(-c2nnc(CCl)n2C(C)C)c1. The minimum atomic E-state index is -0.268. The number of rotatable bonds is 3. The molecule has 0 bridgehead atoms. The molecule has 0 amide bonds. The van der Waals surface area contributed by atoms with E-state index in [1.807, 2.05) is 31.4 Å². The van der Waals surface area contributed by atoms with Crippen LogP contribution in [0.4, 0.5) is 4.39 Å². The zero-order chi connectivity index (χ0) is 13.3. The number of halogens is 2. The molecule has 0 atom stereocenters. The molecule has 0 saturated heterocycles. The summed E-state index contributed by atoms with van der Waals surface area (Å²) in [6.07, 6.45) is 0. The van der Waals surface area contributed by atoms with Gasteiger partial charge in [-0.3, -0.25) is 0 Å². The summed E-state index contributed by atoms with van der Waals surface area (Å²) in [5, 5.41) is 8.17. The van der Waals surface area contributed by atoms with Gasteiger partial charge in [0.05, 0.1) is 5.88 Å². The van der Waals surface area contributed by atoms with Crippen LogP contribution in [-0.2, 0) is 5.88 Å². The van der Waals surface area contributed by atoms with Crippen LogP contribution in [0.3, 0.4) is 0 Å². The molecule has 96 valence electrons. The molecule has 0 aliphatic carbocycles. The summed E-state index contributed by atoms with van der Waals surface area (Å²) in [6, 6.07) is 5.02. The average molecular weight is 268 g/mol. The Balaban J connectivity index is 2.60. The zero-order valence-corrected chi connectivity index (χ0v) is 11.4. The first-order valence-corrected chi connectivity index (χ1v) is 6.33. The molecule has 0 radical (unpaired) electrons. The van der Waals surface area contributed by atoms with Crippen LogP contribution in [0.1, 0.15) is 31.3 Å². The largest absolute Gasteiger partial charge is 0.307 e. The third-order valence-corrected chi connectivity index (χ3v) is 2.94. The molecule has 0 spiro atoms. The predicted octanol–water partition coefficient (Wildman–Crippen LogP) is 3.71. The van der Waals surface area contributed by atoms with E-state index < -0.39 is 0 Å². The lowest BCUT2D eigenvalue weighted by atomic mass is 10.1. The molecular weight excluding hydrogens is 253 g/mol. The summed E-state index contributed by atoms with van der Waals surface area (Å²) in [7, 11) is 0. The summed E-state index contributed by atoms with van der Waals surface area (Å²) in [5.74, 6) is 1.38. The number of aryl methyl sites for hydroxylation is 1. The summed E-state index contributed by atoms with van der Waals surface area (Å²) in [4.78, 5) is 0. The fourth-order valence-electron chi connectivity index (χ4n) is 2.02. The van der Waals surface area contributed by atoms with E-state index >= 15 is 0 Å². The second-order valence-corrected chi connectivity index (χ2v) is 4.82. The lowest BCUT2D eigenvalue weighted by Gasteiger charge is -2.13. The molecule has 3 nitrogen and oxygen atoms in total. The Hall–Kier alpha value is -1.42. The van der Waals surface area contributed by atoms with E-state index in [0.29, 0.717) is 17.5 Å². The maximum absolute atomic E-state index is 13.5. The van der Waals surface area contributed by atoms with Gasteiger partial charge in [-0.25, -0.2) is 4.39 Å². The molecule has 0 aliphatic heterocycles. The second-order valence-electron chi connectivity index (χ2n) is 4.55. The second kappa shape index (κ2) is 5.06.